The summed E-state index contributed by atoms with van der Waals surface area (Å²) in [5, 5.41) is 2.61. The molecule has 1 aliphatic heterocycles. The number of carbonyl (C=O) groups is 1. The third-order valence-electron chi connectivity index (χ3n) is 3.34. The van der Waals surface area contributed by atoms with Crippen LogP contribution in [0, 0.1) is 5.82 Å². The molecule has 0 bridgehead atoms. The number of hydrogen-bond donors (Lipinski definition) is 2. The molecular weight excluding hydrogens is 265 g/mol. The number of hydrogen-bond acceptors (Lipinski definition) is 3. The smallest absolute Gasteiger partial charge is 0.242 e. The lowest BCUT2D eigenvalue weighted by Crippen LogP contribution is -2.42. The maximum absolute atomic E-state index is 14.1. The van der Waals surface area contributed by atoms with Gasteiger partial charge in [-0.2, -0.15) is 0 Å². The Hall–Kier alpha value is -1.69. The normalized spacial score (nSPS) is 18.4. The van der Waals surface area contributed by atoms with Crippen molar-refractivity contribution in [3.05, 3.63) is 29.6 Å². The Bertz CT molecular complexity index is 521. The molecule has 0 spiro atoms. The summed E-state index contributed by atoms with van der Waals surface area (Å²) in [6.07, 6.45) is 1.60. The van der Waals surface area contributed by atoms with Crippen LogP contribution in [-0.4, -0.2) is 30.5 Å². The minimum atomic E-state index is -0.402. The molecule has 2 rings (SSSR count). The molecule has 102 valence electrons. The van der Waals surface area contributed by atoms with Crippen molar-refractivity contribution in [2.24, 2.45) is 5.73 Å². The predicted molar refractivity (Wildman–Crippen MR) is 76.7 cm³/mol. The molecule has 1 unspecified atom stereocenters. The standard InChI is InChI=1S/C13H16FN3OS/c1-16-13(18)11-3-2-6-17(11)10-5-4-8(12(15)19)7-9(10)14/h4-5,7,11H,2-3,6H2,1H3,(H2,15,19)(H,16,18). The third kappa shape index (κ3) is 2.68. The Morgan fingerprint density at radius 2 is 2.32 bits per heavy atom. The fraction of sp³-hybridized carbons (Fsp3) is 0.385. The van der Waals surface area contributed by atoms with E-state index in [2.05, 4.69) is 5.32 Å². The summed E-state index contributed by atoms with van der Waals surface area (Å²) in [5.41, 5.74) is 6.39. The van der Waals surface area contributed by atoms with Crippen molar-refractivity contribution < 1.29 is 9.18 Å². The van der Waals surface area contributed by atoms with Crippen LogP contribution in [0.15, 0.2) is 18.2 Å². The van der Waals surface area contributed by atoms with Crippen molar-refractivity contribution in [2.45, 2.75) is 18.9 Å². The zero-order valence-electron chi connectivity index (χ0n) is 10.6. The quantitative estimate of drug-likeness (QED) is 0.817. The molecule has 1 fully saturated rings. The molecule has 0 radical (unpaired) electrons. The van der Waals surface area contributed by atoms with Crippen molar-refractivity contribution in [1.29, 1.82) is 0 Å². The van der Waals surface area contributed by atoms with Gasteiger partial charge in [0, 0.05) is 19.2 Å². The molecule has 1 saturated heterocycles. The highest BCUT2D eigenvalue weighted by Crippen LogP contribution is 2.28. The number of nitrogens with one attached hydrogen (secondary N) is 1. The lowest BCUT2D eigenvalue weighted by molar-refractivity contribution is -0.121. The number of likely N-dealkylation sites (N-methyl/N-ethyl adjacent to an activating group) is 1. The number of nitrogens with two attached hydrogens (primary N) is 1. The van der Waals surface area contributed by atoms with E-state index in [9.17, 15) is 9.18 Å². The van der Waals surface area contributed by atoms with Gasteiger partial charge >= 0.3 is 0 Å². The Balaban J connectivity index is 2.31. The molecule has 1 aromatic rings. The molecule has 0 aromatic heterocycles. The Morgan fingerprint density at radius 1 is 1.58 bits per heavy atom. The average Bonchev–Trinajstić information content (AvgIpc) is 2.86. The van der Waals surface area contributed by atoms with Crippen LogP contribution in [0.4, 0.5) is 10.1 Å². The van der Waals surface area contributed by atoms with Gasteiger partial charge in [-0.25, -0.2) is 4.39 Å². The van der Waals surface area contributed by atoms with E-state index >= 15 is 0 Å². The van der Waals surface area contributed by atoms with Crippen LogP contribution in [-0.2, 0) is 4.79 Å². The number of halogens is 1. The van der Waals surface area contributed by atoms with Gasteiger partial charge in [0.25, 0.3) is 0 Å². The lowest BCUT2D eigenvalue weighted by atomic mass is 10.1. The Kier molecular flexibility index (Phi) is 3.99. The van der Waals surface area contributed by atoms with Crippen molar-refractivity contribution in [1.82, 2.24) is 5.32 Å². The highest BCUT2D eigenvalue weighted by Gasteiger charge is 2.31. The monoisotopic (exact) mass is 281 g/mol. The van der Waals surface area contributed by atoms with Gasteiger partial charge in [-0.05, 0) is 31.0 Å². The van der Waals surface area contributed by atoms with Crippen LogP contribution in [0.2, 0.25) is 0 Å². The molecule has 6 heteroatoms. The van der Waals surface area contributed by atoms with E-state index in [4.69, 9.17) is 18.0 Å². The molecule has 1 amide bonds. The molecule has 19 heavy (non-hydrogen) atoms. The first-order valence-electron chi connectivity index (χ1n) is 6.12. The minimum Gasteiger partial charge on any atom is -0.389 e. The van der Waals surface area contributed by atoms with Gasteiger partial charge in [-0.1, -0.05) is 12.2 Å². The molecule has 0 aliphatic carbocycles. The number of amides is 1. The van der Waals surface area contributed by atoms with Crippen molar-refractivity contribution >= 4 is 28.8 Å². The fourth-order valence-electron chi connectivity index (χ4n) is 2.39. The maximum atomic E-state index is 14.1. The molecule has 0 saturated carbocycles. The summed E-state index contributed by atoms with van der Waals surface area (Å²) < 4.78 is 14.1. The number of nitrogens with zero attached hydrogens (tertiary/aromatic N) is 1. The van der Waals surface area contributed by atoms with Crippen LogP contribution in [0.5, 0.6) is 0 Å². The van der Waals surface area contributed by atoms with E-state index in [1.807, 2.05) is 0 Å². The number of benzene rings is 1. The highest BCUT2D eigenvalue weighted by atomic mass is 32.1. The first-order valence-corrected chi connectivity index (χ1v) is 6.53. The first-order chi connectivity index (χ1) is 9.04. The van der Waals surface area contributed by atoms with E-state index in [1.165, 1.54) is 6.07 Å². The number of thiocarbonyl (C=S) groups is 1. The largest absolute Gasteiger partial charge is 0.389 e. The number of carbonyl (C=O) groups excluding carboxylic acids is 1. The van der Waals surface area contributed by atoms with Gasteiger partial charge in [-0.3, -0.25) is 4.79 Å². The minimum absolute atomic E-state index is 0.0877. The van der Waals surface area contributed by atoms with Crippen molar-refractivity contribution in [2.75, 3.05) is 18.5 Å². The number of rotatable bonds is 3. The molecule has 1 aromatic carbocycles. The van der Waals surface area contributed by atoms with Gasteiger partial charge < -0.3 is 16.0 Å². The summed E-state index contributed by atoms with van der Waals surface area (Å²) in [7, 11) is 1.59. The summed E-state index contributed by atoms with van der Waals surface area (Å²) in [6, 6.07) is 4.32. The molecular formula is C13H16FN3OS. The first kappa shape index (κ1) is 13.7. The Morgan fingerprint density at radius 3 is 2.89 bits per heavy atom. The van der Waals surface area contributed by atoms with Gasteiger partial charge in [0.15, 0.2) is 0 Å². The predicted octanol–water partition coefficient (Wildman–Crippen LogP) is 1.17. The van der Waals surface area contributed by atoms with Crippen LogP contribution in [0.25, 0.3) is 0 Å². The number of anilines is 1. The third-order valence-corrected chi connectivity index (χ3v) is 3.58. The van der Waals surface area contributed by atoms with Crippen LogP contribution >= 0.6 is 12.2 Å². The van der Waals surface area contributed by atoms with E-state index in [0.717, 1.165) is 12.8 Å². The van der Waals surface area contributed by atoms with Crippen molar-refractivity contribution in [3.8, 4) is 0 Å². The van der Waals surface area contributed by atoms with Crippen LogP contribution < -0.4 is 16.0 Å². The SMILES string of the molecule is CNC(=O)C1CCCN1c1ccc(C(N)=S)cc1F. The van der Waals surface area contributed by atoms with E-state index in [0.29, 0.717) is 17.8 Å². The van der Waals surface area contributed by atoms with E-state index in [-0.39, 0.29) is 16.9 Å². The van der Waals surface area contributed by atoms with Crippen molar-refractivity contribution in [3.63, 3.8) is 0 Å². The van der Waals surface area contributed by atoms with Gasteiger partial charge in [0.05, 0.1) is 5.69 Å². The summed E-state index contributed by atoms with van der Waals surface area (Å²) >= 11 is 4.82. The fourth-order valence-corrected chi connectivity index (χ4v) is 2.51. The highest BCUT2D eigenvalue weighted by molar-refractivity contribution is 7.80. The topological polar surface area (TPSA) is 58.4 Å². The van der Waals surface area contributed by atoms with E-state index < -0.39 is 5.82 Å². The summed E-state index contributed by atoms with van der Waals surface area (Å²) in [6.45, 7) is 0.668. The van der Waals surface area contributed by atoms with Crippen LogP contribution in [0.1, 0.15) is 18.4 Å². The van der Waals surface area contributed by atoms with Crippen LogP contribution in [0.3, 0.4) is 0 Å². The zero-order chi connectivity index (χ0) is 14.0. The lowest BCUT2D eigenvalue weighted by Gasteiger charge is -2.26. The second-order valence-corrected chi connectivity index (χ2v) is 4.94. The van der Waals surface area contributed by atoms with Gasteiger partial charge in [0.1, 0.15) is 16.8 Å². The van der Waals surface area contributed by atoms with Gasteiger partial charge in [0.2, 0.25) is 5.91 Å². The molecule has 3 N–H and O–H groups in total. The zero-order valence-corrected chi connectivity index (χ0v) is 11.5. The maximum Gasteiger partial charge on any atom is 0.242 e. The molecule has 4 nitrogen and oxygen atoms in total. The summed E-state index contributed by atoms with van der Waals surface area (Å²) in [5.74, 6) is -0.489. The second-order valence-electron chi connectivity index (χ2n) is 4.50. The second kappa shape index (κ2) is 5.52. The Labute approximate surface area is 116 Å². The summed E-state index contributed by atoms with van der Waals surface area (Å²) in [4.78, 5) is 13.7. The molecule has 1 atom stereocenters. The molecule has 1 heterocycles. The molecule has 1 aliphatic rings. The average molecular weight is 281 g/mol. The van der Waals surface area contributed by atoms with Gasteiger partial charge in [-0.15, -0.1) is 0 Å². The van der Waals surface area contributed by atoms with E-state index in [1.54, 1.807) is 24.1 Å².